The van der Waals surface area contributed by atoms with Crippen LogP contribution in [0.2, 0.25) is 0 Å². The number of nitrogens with zero attached hydrogens (tertiary/aromatic N) is 3. The van der Waals surface area contributed by atoms with Crippen LogP contribution in [0.5, 0.6) is 0 Å². The van der Waals surface area contributed by atoms with Crippen molar-refractivity contribution >= 4 is 11.9 Å². The Morgan fingerprint density at radius 3 is 1.57 bits per heavy atom. The molecule has 0 spiro atoms. The average Bonchev–Trinajstić information content (AvgIpc) is 2.42. The first-order chi connectivity index (χ1) is 10.6. The maximum Gasteiger partial charge on any atom is 0.712 e. The molecular weight excluding hydrogens is 324 g/mol. The predicted octanol–water partition coefficient (Wildman–Crippen LogP) is -1.45. The number of carbonyl (C=O) groups is 2. The van der Waals surface area contributed by atoms with Crippen LogP contribution < -0.4 is 5.32 Å². The number of hydrogen-bond acceptors (Lipinski definition) is 11. The second-order valence-corrected chi connectivity index (χ2v) is 3.86. The molecule has 0 aromatic carbocycles. The fraction of sp³-hybridized carbons (Fsp3) is 0.778. The molecule has 0 aliphatic carbocycles. The van der Waals surface area contributed by atoms with Crippen molar-refractivity contribution in [3.8, 4) is 0 Å². The monoisotopic (exact) mass is 338 g/mol. The third-order valence-corrected chi connectivity index (χ3v) is 2.47. The Labute approximate surface area is 128 Å². The van der Waals surface area contributed by atoms with Gasteiger partial charge in [-0.2, -0.15) is 0 Å². The van der Waals surface area contributed by atoms with Gasteiger partial charge in [0, 0.05) is 0 Å². The van der Waals surface area contributed by atoms with E-state index in [2.05, 4.69) is 9.47 Å². The summed E-state index contributed by atoms with van der Waals surface area (Å²) in [6.07, 6.45) is 0. The van der Waals surface area contributed by atoms with E-state index in [-0.39, 0.29) is 13.2 Å². The van der Waals surface area contributed by atoms with Crippen LogP contribution in [0.4, 0.5) is 0 Å². The normalized spacial score (nSPS) is 10.9. The van der Waals surface area contributed by atoms with Gasteiger partial charge in [-0.05, 0) is 13.8 Å². The van der Waals surface area contributed by atoms with Gasteiger partial charge in [0.1, 0.15) is 0 Å². The van der Waals surface area contributed by atoms with Crippen LogP contribution in [0.1, 0.15) is 13.8 Å². The Balaban J connectivity index is 5.44. The molecule has 130 valence electrons. The summed E-state index contributed by atoms with van der Waals surface area (Å²) >= 11 is 0. The Bertz CT molecular complexity index is 453. The number of ether oxygens (including phenoxy) is 2. The molecule has 0 aliphatic heterocycles. The smallest absolute Gasteiger partial charge is 0.464 e. The van der Waals surface area contributed by atoms with Crippen LogP contribution in [-0.4, -0.2) is 58.3 Å². The van der Waals surface area contributed by atoms with Gasteiger partial charge in [-0.15, -0.1) is 0 Å². The standard InChI is InChI=1S/C9H14N4O10/c1-3-22-7(14)6(8(15)23-4-2)10-5-9(11(16)17,12(18)19)13(20)21/h6,10H,3-5H2,1-2H3. The minimum atomic E-state index is -3.86. The highest BCUT2D eigenvalue weighted by Gasteiger charge is 2.70. The van der Waals surface area contributed by atoms with Crippen LogP contribution >= 0.6 is 0 Å². The van der Waals surface area contributed by atoms with Gasteiger partial charge in [0.2, 0.25) is 12.6 Å². The molecule has 0 unspecified atom stereocenters. The molecule has 0 saturated heterocycles. The Kier molecular flexibility index (Phi) is 7.45. The van der Waals surface area contributed by atoms with Gasteiger partial charge in [-0.3, -0.25) is 35.7 Å². The molecule has 0 fully saturated rings. The molecular formula is C9H14N4O10. The Morgan fingerprint density at radius 1 is 0.957 bits per heavy atom. The van der Waals surface area contributed by atoms with Crippen molar-refractivity contribution in [2.45, 2.75) is 25.7 Å². The first kappa shape index (κ1) is 20.1. The molecule has 0 radical (unpaired) electrons. The second-order valence-electron chi connectivity index (χ2n) is 3.86. The lowest BCUT2D eigenvalue weighted by Gasteiger charge is -2.16. The summed E-state index contributed by atoms with van der Waals surface area (Å²) in [6.45, 7) is 0.926. The minimum absolute atomic E-state index is 0.165. The molecule has 0 saturated carbocycles. The maximum atomic E-state index is 11.6. The molecule has 1 N–H and O–H groups in total. The van der Waals surface area contributed by atoms with E-state index in [1.54, 1.807) is 5.32 Å². The molecule has 0 heterocycles. The summed E-state index contributed by atoms with van der Waals surface area (Å²) in [5.41, 5.74) is 0. The summed E-state index contributed by atoms with van der Waals surface area (Å²) in [5.74, 6) is -6.35. The van der Waals surface area contributed by atoms with Gasteiger partial charge in [0.05, 0.1) is 13.2 Å². The number of esters is 2. The largest absolute Gasteiger partial charge is 0.712 e. The molecule has 0 amide bonds. The van der Waals surface area contributed by atoms with Crippen molar-refractivity contribution in [3.63, 3.8) is 0 Å². The number of hydrogen-bond donors (Lipinski definition) is 1. The Hall–Kier alpha value is -2.90. The van der Waals surface area contributed by atoms with Crippen LogP contribution in [0.15, 0.2) is 0 Å². The summed E-state index contributed by atoms with van der Waals surface area (Å²) in [4.78, 5) is 50.2. The number of nitro groups is 3. The van der Waals surface area contributed by atoms with Crippen molar-refractivity contribution in [3.05, 3.63) is 30.3 Å². The lowest BCUT2D eigenvalue weighted by atomic mass is 10.2. The first-order valence-electron chi connectivity index (χ1n) is 6.15. The van der Waals surface area contributed by atoms with E-state index in [0.717, 1.165) is 0 Å². The molecule has 0 rings (SSSR count). The summed E-state index contributed by atoms with van der Waals surface area (Å²) in [6, 6.07) is -1.98. The topological polar surface area (TPSA) is 194 Å². The van der Waals surface area contributed by atoms with E-state index < -0.39 is 45.1 Å². The molecule has 0 aromatic heterocycles. The van der Waals surface area contributed by atoms with Gasteiger partial charge in [0.15, 0.2) is 14.8 Å². The van der Waals surface area contributed by atoms with Crippen molar-refractivity contribution < 1.29 is 33.8 Å². The van der Waals surface area contributed by atoms with Gasteiger partial charge in [-0.1, -0.05) is 0 Å². The summed E-state index contributed by atoms with van der Waals surface area (Å²) in [7, 11) is 0. The molecule has 0 aromatic rings. The van der Waals surface area contributed by atoms with E-state index >= 15 is 0 Å². The van der Waals surface area contributed by atoms with Crippen molar-refractivity contribution in [1.82, 2.24) is 5.32 Å². The lowest BCUT2D eigenvalue weighted by Crippen LogP contribution is -2.62. The van der Waals surface area contributed by atoms with Crippen LogP contribution in [0.3, 0.4) is 0 Å². The maximum absolute atomic E-state index is 11.6. The van der Waals surface area contributed by atoms with E-state index in [0.29, 0.717) is 0 Å². The zero-order valence-electron chi connectivity index (χ0n) is 12.1. The molecule has 0 atom stereocenters. The van der Waals surface area contributed by atoms with Gasteiger partial charge < -0.3 is 9.47 Å². The minimum Gasteiger partial charge on any atom is -0.464 e. The van der Waals surface area contributed by atoms with Crippen LogP contribution in [-0.2, 0) is 19.1 Å². The van der Waals surface area contributed by atoms with E-state index in [4.69, 9.17) is 0 Å². The van der Waals surface area contributed by atoms with Crippen molar-refractivity contribution in [1.29, 1.82) is 0 Å². The Morgan fingerprint density at radius 2 is 1.30 bits per heavy atom. The number of rotatable bonds is 10. The van der Waals surface area contributed by atoms with E-state index in [1.165, 1.54) is 13.8 Å². The van der Waals surface area contributed by atoms with Gasteiger partial charge >= 0.3 is 17.7 Å². The highest BCUT2D eigenvalue weighted by atomic mass is 16.7. The number of carbonyl (C=O) groups excluding carboxylic acids is 2. The van der Waals surface area contributed by atoms with Crippen molar-refractivity contribution in [2.24, 2.45) is 0 Å². The third kappa shape index (κ3) is 4.53. The van der Waals surface area contributed by atoms with Gasteiger partial charge in [0.25, 0.3) is 0 Å². The van der Waals surface area contributed by atoms with E-state index in [1.807, 2.05) is 0 Å². The number of nitrogens with one attached hydrogen (secondary N) is 1. The highest BCUT2D eigenvalue weighted by Crippen LogP contribution is 2.12. The van der Waals surface area contributed by atoms with Gasteiger partial charge in [-0.25, -0.2) is 9.59 Å². The zero-order valence-corrected chi connectivity index (χ0v) is 12.1. The quantitative estimate of drug-likeness (QED) is 0.161. The van der Waals surface area contributed by atoms with Crippen molar-refractivity contribution in [2.75, 3.05) is 19.8 Å². The zero-order chi connectivity index (χ0) is 18.2. The molecule has 14 heteroatoms. The van der Waals surface area contributed by atoms with E-state index in [9.17, 15) is 39.9 Å². The SMILES string of the molecule is CCOC(=O)C(NCC([N+](=O)[O-])([N+](=O)[O-])[N+](=O)[O-])C(=O)OCC. The second kappa shape index (κ2) is 8.52. The molecule has 14 nitrogen and oxygen atoms in total. The fourth-order valence-electron chi connectivity index (χ4n) is 1.35. The molecule has 0 bridgehead atoms. The summed E-state index contributed by atoms with van der Waals surface area (Å²) in [5, 5.41) is 34.1. The highest BCUT2D eigenvalue weighted by molar-refractivity contribution is 5.99. The third-order valence-electron chi connectivity index (χ3n) is 2.47. The predicted molar refractivity (Wildman–Crippen MR) is 68.8 cm³/mol. The lowest BCUT2D eigenvalue weighted by molar-refractivity contribution is -0.966. The average molecular weight is 338 g/mol. The first-order valence-corrected chi connectivity index (χ1v) is 6.15. The van der Waals surface area contributed by atoms with Crippen LogP contribution in [0.25, 0.3) is 0 Å². The molecule has 0 aliphatic rings. The summed E-state index contributed by atoms with van der Waals surface area (Å²) < 4.78 is 9.01. The van der Waals surface area contributed by atoms with Crippen LogP contribution in [0, 0.1) is 30.3 Å². The fourth-order valence-corrected chi connectivity index (χ4v) is 1.35. The molecule has 23 heavy (non-hydrogen) atoms.